The third kappa shape index (κ3) is 7.38. The average molecular weight is 554 g/mol. The van der Waals surface area contributed by atoms with Crippen LogP contribution in [0.15, 0.2) is 115 Å². The van der Waals surface area contributed by atoms with E-state index in [1.807, 2.05) is 28.9 Å². The minimum atomic E-state index is -1.74. The van der Waals surface area contributed by atoms with Gasteiger partial charge in [-0.25, -0.2) is 0 Å². The number of benzene rings is 4. The summed E-state index contributed by atoms with van der Waals surface area (Å²) in [6.07, 6.45) is 0. The van der Waals surface area contributed by atoms with Gasteiger partial charge in [-0.05, 0) is 23.8 Å². The number of rotatable bonds is 5. The van der Waals surface area contributed by atoms with Gasteiger partial charge in [0.2, 0.25) is 0 Å². The second kappa shape index (κ2) is 12.9. The molecule has 0 atom stereocenters. The molecule has 0 amide bonds. The van der Waals surface area contributed by atoms with Crippen LogP contribution in [0.1, 0.15) is 5.56 Å². The molecule has 0 aliphatic heterocycles. The summed E-state index contributed by atoms with van der Waals surface area (Å²) >= 11 is -1.74. The fourth-order valence-electron chi connectivity index (χ4n) is 3.01. The Morgan fingerprint density at radius 1 is 0.613 bits per heavy atom. The van der Waals surface area contributed by atoms with Gasteiger partial charge in [-0.2, -0.15) is 0 Å². The first kappa shape index (κ1) is 23.8. The van der Waals surface area contributed by atoms with Crippen molar-refractivity contribution in [3.05, 3.63) is 121 Å². The summed E-state index contributed by atoms with van der Waals surface area (Å²) in [5.41, 5.74) is 0.976. The van der Waals surface area contributed by atoms with Crippen LogP contribution in [0.3, 0.4) is 0 Å². The minimum absolute atomic E-state index is 0.446. The molecule has 160 valence electrons. The van der Waals surface area contributed by atoms with Gasteiger partial charge >= 0.3 is 84.9 Å². The van der Waals surface area contributed by atoms with E-state index in [9.17, 15) is 0 Å². The zero-order valence-corrected chi connectivity index (χ0v) is 21.2. The quantitative estimate of drug-likeness (QED) is 0.211. The third-order valence-corrected chi connectivity index (χ3v) is 8.65. The molecule has 4 rings (SSSR count). The second-order valence-corrected chi connectivity index (χ2v) is 14.3. The average Bonchev–Trinajstić information content (AvgIpc) is 2.82. The minimum Gasteiger partial charge on any atom is -0.0622 e. The Bertz CT molecular complexity index is 992. The number of hydrogen-bond donors (Lipinski definition) is 0. The zero-order chi connectivity index (χ0) is 21.9. The first-order chi connectivity index (χ1) is 15.2. The summed E-state index contributed by atoms with van der Waals surface area (Å²) in [5, 5.41) is 4.19. The van der Waals surface area contributed by atoms with E-state index in [-0.39, 0.29) is 0 Å². The van der Waals surface area contributed by atoms with Gasteiger partial charge in [-0.3, -0.25) is 0 Å². The molecule has 1 nitrogen and oxygen atoms in total. The van der Waals surface area contributed by atoms with E-state index in [0.29, 0.717) is 0 Å². The van der Waals surface area contributed by atoms with Crippen molar-refractivity contribution < 1.29 is 18.3 Å². The molecule has 0 saturated carbocycles. The van der Waals surface area contributed by atoms with Crippen LogP contribution in [0.5, 0.6) is 5.75 Å². The molecule has 0 aliphatic carbocycles. The predicted molar refractivity (Wildman–Crippen MR) is 135 cm³/mol. The summed E-state index contributed by atoms with van der Waals surface area (Å²) in [6, 6.07) is 40.0. The molecule has 0 N–H and O–H groups in total. The van der Waals surface area contributed by atoms with E-state index in [1.54, 1.807) is 7.11 Å². The maximum Gasteiger partial charge on any atom is -0.0134 e. The summed E-state index contributed by atoms with van der Waals surface area (Å²) in [6.45, 7) is 0. The van der Waals surface area contributed by atoms with Crippen molar-refractivity contribution >= 4 is 47.8 Å². The van der Waals surface area contributed by atoms with E-state index in [2.05, 4.69) is 91.0 Å². The second-order valence-electron chi connectivity index (χ2n) is 6.39. The van der Waals surface area contributed by atoms with Crippen molar-refractivity contribution in [1.29, 1.82) is 0 Å². The Labute approximate surface area is 198 Å². The molecular formula is C26H23Cl2OPRu. The maximum absolute atomic E-state index is 5.74. The van der Waals surface area contributed by atoms with Crippen LogP contribution in [-0.4, -0.2) is 11.7 Å². The molecule has 31 heavy (non-hydrogen) atoms. The van der Waals surface area contributed by atoms with Crippen LogP contribution in [0.4, 0.5) is 0 Å². The smallest absolute Gasteiger partial charge is 0.0134 e. The van der Waals surface area contributed by atoms with E-state index >= 15 is 0 Å². The summed E-state index contributed by atoms with van der Waals surface area (Å²) < 4.78 is 6.99. The Hall–Kier alpha value is -1.82. The number of methoxy groups -OCH3 is 1. The molecule has 0 unspecified atom stereocenters. The maximum atomic E-state index is 5.74. The van der Waals surface area contributed by atoms with Crippen LogP contribution in [0.2, 0.25) is 0 Å². The van der Waals surface area contributed by atoms with Gasteiger partial charge in [0.15, 0.2) is 0 Å². The molecule has 4 aromatic rings. The fraction of sp³-hybridized carbons (Fsp3) is 0.0385. The van der Waals surface area contributed by atoms with E-state index in [4.69, 9.17) is 24.1 Å². The van der Waals surface area contributed by atoms with Gasteiger partial charge in [-0.1, -0.05) is 91.0 Å². The molecule has 0 fully saturated rings. The van der Waals surface area contributed by atoms with Crippen LogP contribution in [-0.2, 0) is 13.5 Å². The summed E-state index contributed by atoms with van der Waals surface area (Å²) in [5.74, 6) is 0.817. The summed E-state index contributed by atoms with van der Waals surface area (Å²) in [4.78, 5) is 0. The molecule has 0 aromatic heterocycles. The fourth-order valence-corrected chi connectivity index (χ4v) is 7.12. The topological polar surface area (TPSA) is 9.23 Å². The first-order valence-corrected chi connectivity index (χ1v) is 16.4. The van der Waals surface area contributed by atoms with Crippen molar-refractivity contribution in [2.75, 3.05) is 7.11 Å². The van der Waals surface area contributed by atoms with Gasteiger partial charge in [0.05, 0.1) is 0 Å². The van der Waals surface area contributed by atoms with E-state index in [1.165, 1.54) is 15.9 Å². The number of para-hydroxylation sites is 1. The predicted octanol–water partition coefficient (Wildman–Crippen LogP) is 6.22. The zero-order valence-electron chi connectivity index (χ0n) is 17.0. The molecule has 4 aromatic carbocycles. The van der Waals surface area contributed by atoms with Crippen molar-refractivity contribution in [3.63, 3.8) is 0 Å². The van der Waals surface area contributed by atoms with Crippen molar-refractivity contribution in [2.24, 2.45) is 0 Å². The van der Waals surface area contributed by atoms with Crippen LogP contribution in [0.25, 0.3) is 0 Å². The van der Waals surface area contributed by atoms with Gasteiger partial charge < -0.3 is 0 Å². The van der Waals surface area contributed by atoms with Gasteiger partial charge in [0.25, 0.3) is 0 Å². The number of halogens is 2. The molecular weight excluding hydrogens is 531 g/mol. The van der Waals surface area contributed by atoms with Crippen molar-refractivity contribution in [3.8, 4) is 5.75 Å². The first-order valence-electron chi connectivity index (χ1n) is 9.60. The number of ether oxygens (including phenoxy) is 1. The SMILES string of the molecule is COc1ccccc1[CH]=[Ru]([Cl])[Cl].c1ccc(P(c2ccccc2)c2ccccc2)cc1. The van der Waals surface area contributed by atoms with Crippen molar-refractivity contribution in [1.82, 2.24) is 0 Å². The van der Waals surface area contributed by atoms with Crippen LogP contribution >= 0.6 is 27.3 Å². The normalized spacial score (nSPS) is 10.6. The van der Waals surface area contributed by atoms with Gasteiger partial charge in [0.1, 0.15) is 0 Å². The largest absolute Gasteiger partial charge is 0.0622 e. The van der Waals surface area contributed by atoms with Crippen LogP contribution < -0.4 is 20.7 Å². The van der Waals surface area contributed by atoms with E-state index in [0.717, 1.165) is 11.3 Å². The van der Waals surface area contributed by atoms with Gasteiger partial charge in [-0.15, -0.1) is 0 Å². The molecule has 0 bridgehead atoms. The number of hydrogen-bond acceptors (Lipinski definition) is 1. The molecule has 5 heteroatoms. The summed E-state index contributed by atoms with van der Waals surface area (Å²) in [7, 11) is 12.7. The van der Waals surface area contributed by atoms with E-state index < -0.39 is 21.4 Å². The Kier molecular flexibility index (Phi) is 9.92. The molecule has 0 radical (unpaired) electrons. The van der Waals surface area contributed by atoms with Crippen molar-refractivity contribution in [2.45, 2.75) is 0 Å². The monoisotopic (exact) mass is 554 g/mol. The Balaban J connectivity index is 0.000000196. The molecule has 0 saturated heterocycles. The van der Waals surface area contributed by atoms with Gasteiger partial charge in [0, 0.05) is 0 Å². The molecule has 0 heterocycles. The standard InChI is InChI=1S/C18H15P.C8H8O.2ClH.Ru/c1-4-10-16(11-5-1)19(17-12-6-2-7-13-17)18-14-8-3-9-15-18;1-7-5-3-4-6-8(7)9-2;;;/h1-15H;1,3-6H,2H3;2*1H;/q;;;;+2/p-2. The van der Waals surface area contributed by atoms with Crippen LogP contribution in [0, 0.1) is 0 Å². The molecule has 0 spiro atoms. The Morgan fingerprint density at radius 2 is 1.00 bits per heavy atom. The Morgan fingerprint density at radius 3 is 1.39 bits per heavy atom. The molecule has 0 aliphatic rings. The third-order valence-electron chi connectivity index (χ3n) is 4.37.